The molecule has 0 radical (unpaired) electrons. The monoisotopic (exact) mass is 279 g/mol. The Labute approximate surface area is 116 Å². The number of tetrazole rings is 1. The third-order valence-corrected chi connectivity index (χ3v) is 3.70. The van der Waals surface area contributed by atoms with Crippen molar-refractivity contribution >= 4 is 17.6 Å². The average Bonchev–Trinajstić information content (AvgIpc) is 2.80. The lowest BCUT2D eigenvalue weighted by molar-refractivity contribution is 0.664. The van der Waals surface area contributed by atoms with Crippen LogP contribution in [-0.2, 0) is 13.5 Å². The van der Waals surface area contributed by atoms with Crippen LogP contribution in [0.3, 0.4) is 0 Å². The summed E-state index contributed by atoms with van der Waals surface area (Å²) in [7, 11) is 1.81. The number of nitrogens with one attached hydrogen (secondary N) is 1. The van der Waals surface area contributed by atoms with Crippen molar-refractivity contribution in [2.45, 2.75) is 37.4 Å². The molecule has 0 aromatic carbocycles. The molecule has 0 aliphatic carbocycles. The zero-order chi connectivity index (χ0) is 13.8. The Bertz CT molecular complexity index is 566. The van der Waals surface area contributed by atoms with E-state index < -0.39 is 0 Å². The smallest absolute Gasteiger partial charge is 0.215 e. The van der Waals surface area contributed by atoms with Crippen LogP contribution in [0.25, 0.3) is 0 Å². The van der Waals surface area contributed by atoms with Gasteiger partial charge in [-0.3, -0.25) is 0 Å². The Morgan fingerprint density at radius 1 is 1.26 bits per heavy atom. The summed E-state index contributed by atoms with van der Waals surface area (Å²) >= 11 is 1.45. The Hall–Kier alpha value is -1.70. The van der Waals surface area contributed by atoms with E-state index in [0.717, 1.165) is 35.2 Å². The summed E-state index contributed by atoms with van der Waals surface area (Å²) in [4.78, 5) is 9.05. The highest BCUT2D eigenvalue weighted by molar-refractivity contribution is 7.99. The van der Waals surface area contributed by atoms with Crippen molar-refractivity contribution in [3.05, 3.63) is 11.4 Å². The molecule has 19 heavy (non-hydrogen) atoms. The first-order valence-corrected chi connectivity index (χ1v) is 6.98. The fourth-order valence-corrected chi connectivity index (χ4v) is 2.35. The molecule has 0 aliphatic heterocycles. The maximum atomic E-state index is 4.55. The van der Waals surface area contributed by atoms with Crippen molar-refractivity contribution in [3.63, 3.8) is 0 Å². The molecule has 2 heterocycles. The van der Waals surface area contributed by atoms with Gasteiger partial charge in [-0.25, -0.2) is 14.6 Å². The molecule has 0 saturated heterocycles. The predicted octanol–water partition coefficient (Wildman–Crippen LogP) is 1.45. The minimum atomic E-state index is 0.714. The quantitative estimate of drug-likeness (QED) is 0.829. The minimum Gasteiger partial charge on any atom is -0.370 e. The molecule has 2 aromatic heterocycles. The second kappa shape index (κ2) is 5.96. The van der Waals surface area contributed by atoms with E-state index >= 15 is 0 Å². The van der Waals surface area contributed by atoms with Crippen LogP contribution in [0.5, 0.6) is 0 Å². The van der Waals surface area contributed by atoms with Gasteiger partial charge in [0, 0.05) is 25.6 Å². The Morgan fingerprint density at radius 2 is 2.05 bits per heavy atom. The summed E-state index contributed by atoms with van der Waals surface area (Å²) in [6.07, 6.45) is 0.795. The first-order valence-electron chi connectivity index (χ1n) is 6.17. The first-order chi connectivity index (χ1) is 9.15. The average molecular weight is 279 g/mol. The van der Waals surface area contributed by atoms with E-state index in [1.165, 1.54) is 11.8 Å². The molecular formula is C11H17N7S. The maximum absolute atomic E-state index is 4.55. The van der Waals surface area contributed by atoms with Gasteiger partial charge in [0.15, 0.2) is 0 Å². The molecule has 0 aliphatic rings. The van der Waals surface area contributed by atoms with Gasteiger partial charge in [-0.15, -0.1) is 5.10 Å². The topological polar surface area (TPSA) is 81.4 Å². The maximum Gasteiger partial charge on any atom is 0.215 e. The fourth-order valence-electron chi connectivity index (χ4n) is 1.53. The summed E-state index contributed by atoms with van der Waals surface area (Å²) < 4.78 is 1.63. The summed E-state index contributed by atoms with van der Waals surface area (Å²) in [5.41, 5.74) is 1.02. The lowest BCUT2D eigenvalue weighted by Crippen LogP contribution is -2.07. The van der Waals surface area contributed by atoms with Gasteiger partial charge < -0.3 is 5.32 Å². The molecular weight excluding hydrogens is 262 g/mol. The molecule has 8 heteroatoms. The summed E-state index contributed by atoms with van der Waals surface area (Å²) in [6, 6.07) is 0. The molecule has 0 amide bonds. The molecule has 1 N–H and O–H groups in total. The summed E-state index contributed by atoms with van der Waals surface area (Å²) in [6.45, 7) is 6.92. The Morgan fingerprint density at radius 3 is 2.63 bits per heavy atom. The molecule has 2 rings (SSSR count). The zero-order valence-corrected chi connectivity index (χ0v) is 12.3. The lowest BCUT2D eigenvalue weighted by Gasteiger charge is -2.11. The molecule has 7 nitrogen and oxygen atoms in total. The highest BCUT2D eigenvalue weighted by Gasteiger charge is 2.14. The van der Waals surface area contributed by atoms with Crippen LogP contribution in [0.4, 0.5) is 5.82 Å². The van der Waals surface area contributed by atoms with E-state index in [2.05, 4.69) is 30.8 Å². The second-order valence-electron chi connectivity index (χ2n) is 3.99. The van der Waals surface area contributed by atoms with Crippen molar-refractivity contribution < 1.29 is 0 Å². The minimum absolute atomic E-state index is 0.714. The summed E-state index contributed by atoms with van der Waals surface area (Å²) in [5.74, 6) is 1.70. The largest absolute Gasteiger partial charge is 0.370 e. The highest BCUT2D eigenvalue weighted by Crippen LogP contribution is 2.29. The van der Waals surface area contributed by atoms with Crippen LogP contribution in [0, 0.1) is 6.92 Å². The molecule has 2 aromatic rings. The standard InChI is InChI=1S/C11H17N7S/c1-5-8-13-9(12-6-2)7(3)10(14-8)19-11-15-16-17-18(11)4/h5-6H2,1-4H3,(H,12,13,14). The van der Waals surface area contributed by atoms with Gasteiger partial charge in [0.05, 0.1) is 0 Å². The Balaban J connectivity index is 2.38. The molecule has 0 atom stereocenters. The fraction of sp³-hybridized carbons (Fsp3) is 0.545. The van der Waals surface area contributed by atoms with Crippen LogP contribution in [0.1, 0.15) is 25.2 Å². The SMILES string of the molecule is CCNc1nc(CC)nc(Sc2nnnn2C)c1C. The van der Waals surface area contributed by atoms with Gasteiger partial charge in [-0.1, -0.05) is 6.92 Å². The van der Waals surface area contributed by atoms with Crippen LogP contribution in [0.15, 0.2) is 10.2 Å². The van der Waals surface area contributed by atoms with E-state index in [1.807, 2.05) is 27.8 Å². The number of hydrogen-bond donors (Lipinski definition) is 1. The van der Waals surface area contributed by atoms with E-state index in [1.54, 1.807) is 4.68 Å². The van der Waals surface area contributed by atoms with Crippen molar-refractivity contribution in [1.82, 2.24) is 30.2 Å². The van der Waals surface area contributed by atoms with Gasteiger partial charge in [0.25, 0.3) is 0 Å². The first kappa shape index (κ1) is 13.7. The summed E-state index contributed by atoms with van der Waals surface area (Å²) in [5, 5.41) is 16.3. The Kier molecular flexibility index (Phi) is 4.31. The zero-order valence-electron chi connectivity index (χ0n) is 11.5. The third kappa shape index (κ3) is 3.01. The van der Waals surface area contributed by atoms with Crippen molar-refractivity contribution in [2.75, 3.05) is 11.9 Å². The molecule has 0 unspecified atom stereocenters. The highest BCUT2D eigenvalue weighted by atomic mass is 32.2. The third-order valence-electron chi connectivity index (χ3n) is 2.58. The van der Waals surface area contributed by atoms with Crippen molar-refractivity contribution in [3.8, 4) is 0 Å². The van der Waals surface area contributed by atoms with Crippen molar-refractivity contribution in [2.24, 2.45) is 7.05 Å². The van der Waals surface area contributed by atoms with Gasteiger partial charge in [0.2, 0.25) is 5.16 Å². The van der Waals surface area contributed by atoms with Gasteiger partial charge in [0.1, 0.15) is 16.7 Å². The molecule has 0 spiro atoms. The molecule has 102 valence electrons. The van der Waals surface area contributed by atoms with Gasteiger partial charge >= 0.3 is 0 Å². The normalized spacial score (nSPS) is 10.7. The van der Waals surface area contributed by atoms with E-state index in [4.69, 9.17) is 0 Å². The molecule has 0 fully saturated rings. The number of aromatic nitrogens is 6. The van der Waals surface area contributed by atoms with Crippen LogP contribution in [-0.4, -0.2) is 36.7 Å². The lowest BCUT2D eigenvalue weighted by atomic mass is 10.3. The molecule has 0 saturated carbocycles. The van der Waals surface area contributed by atoms with Gasteiger partial charge in [-0.2, -0.15) is 0 Å². The number of rotatable bonds is 5. The van der Waals surface area contributed by atoms with Crippen molar-refractivity contribution in [1.29, 1.82) is 0 Å². The number of hydrogen-bond acceptors (Lipinski definition) is 7. The second-order valence-corrected chi connectivity index (χ2v) is 4.95. The van der Waals surface area contributed by atoms with Crippen LogP contribution < -0.4 is 5.32 Å². The number of anilines is 1. The predicted molar refractivity (Wildman–Crippen MR) is 73.2 cm³/mol. The van der Waals surface area contributed by atoms with Crippen LogP contribution >= 0.6 is 11.8 Å². The van der Waals surface area contributed by atoms with E-state index in [0.29, 0.717) is 5.16 Å². The van der Waals surface area contributed by atoms with E-state index in [9.17, 15) is 0 Å². The number of aryl methyl sites for hydroxylation is 2. The van der Waals surface area contributed by atoms with Crippen LogP contribution in [0.2, 0.25) is 0 Å². The van der Waals surface area contributed by atoms with Gasteiger partial charge in [-0.05, 0) is 36.0 Å². The molecule has 0 bridgehead atoms. The number of nitrogens with zero attached hydrogens (tertiary/aromatic N) is 6. The van der Waals surface area contributed by atoms with E-state index in [-0.39, 0.29) is 0 Å².